The maximum atomic E-state index is 14.6. The summed E-state index contributed by atoms with van der Waals surface area (Å²) in [7, 11) is 0. The van der Waals surface area contributed by atoms with E-state index < -0.39 is 0 Å². The van der Waals surface area contributed by atoms with Gasteiger partial charge < -0.3 is 15.0 Å². The van der Waals surface area contributed by atoms with Gasteiger partial charge in [0.25, 0.3) is 0 Å². The number of nitrogens with zero attached hydrogens (tertiary/aromatic N) is 2. The fraction of sp³-hybridized carbons (Fsp3) is 0.667. The summed E-state index contributed by atoms with van der Waals surface area (Å²) in [4.78, 5) is 6.29. The number of anilines is 1. The van der Waals surface area contributed by atoms with Crippen LogP contribution >= 0.6 is 0 Å². The molecule has 112 valence electrons. The van der Waals surface area contributed by atoms with Crippen LogP contribution in [0.4, 0.5) is 10.2 Å². The van der Waals surface area contributed by atoms with E-state index >= 15 is 0 Å². The van der Waals surface area contributed by atoms with Gasteiger partial charge in [0.05, 0.1) is 19.3 Å². The number of hydrogen-bond acceptors (Lipinski definition) is 4. The molecule has 1 unspecified atom stereocenters. The van der Waals surface area contributed by atoms with E-state index in [0.29, 0.717) is 43.7 Å². The summed E-state index contributed by atoms with van der Waals surface area (Å²) in [6, 6.07) is 2.28. The number of nitrogens with one attached hydrogen (secondary N) is 1. The molecule has 0 radical (unpaired) electrons. The lowest BCUT2D eigenvalue weighted by Crippen LogP contribution is -2.46. The summed E-state index contributed by atoms with van der Waals surface area (Å²) in [6.45, 7) is 8.69. The Balaban J connectivity index is 2.20. The standard InChI is InChI=1S/C15H24FN3O/c1-4-13-10-20-8-7-19(13)15-14(16)12(5-6-17-15)9-18-11(2)3/h5-6,11,13,18H,4,7-10H2,1-3H3. The monoisotopic (exact) mass is 281 g/mol. The maximum absolute atomic E-state index is 14.6. The zero-order valence-electron chi connectivity index (χ0n) is 12.5. The molecule has 1 aliphatic rings. The molecular weight excluding hydrogens is 257 g/mol. The van der Waals surface area contributed by atoms with Gasteiger partial charge >= 0.3 is 0 Å². The van der Waals surface area contributed by atoms with Crippen LogP contribution in [0.15, 0.2) is 12.3 Å². The molecule has 4 nitrogen and oxygen atoms in total. The average Bonchev–Trinajstić information content (AvgIpc) is 2.46. The summed E-state index contributed by atoms with van der Waals surface area (Å²) in [5, 5.41) is 3.25. The van der Waals surface area contributed by atoms with Gasteiger partial charge in [0, 0.05) is 30.9 Å². The molecule has 1 aromatic rings. The Morgan fingerprint density at radius 2 is 2.35 bits per heavy atom. The molecule has 0 bridgehead atoms. The van der Waals surface area contributed by atoms with E-state index in [1.807, 2.05) is 4.90 Å². The van der Waals surface area contributed by atoms with Crippen molar-refractivity contribution in [2.24, 2.45) is 0 Å². The third-order valence-electron chi connectivity index (χ3n) is 3.62. The first-order chi connectivity index (χ1) is 9.63. The van der Waals surface area contributed by atoms with Crippen molar-refractivity contribution in [3.05, 3.63) is 23.6 Å². The maximum Gasteiger partial charge on any atom is 0.170 e. The fourth-order valence-electron chi connectivity index (χ4n) is 2.39. The van der Waals surface area contributed by atoms with Crippen molar-refractivity contribution in [3.8, 4) is 0 Å². The second-order valence-corrected chi connectivity index (χ2v) is 5.47. The Hall–Kier alpha value is -1.20. The SMILES string of the molecule is CCC1COCCN1c1nccc(CNC(C)C)c1F. The van der Waals surface area contributed by atoms with Gasteiger partial charge in [-0.2, -0.15) is 0 Å². The van der Waals surface area contributed by atoms with Gasteiger partial charge in [-0.05, 0) is 12.5 Å². The predicted octanol–water partition coefficient (Wildman–Crippen LogP) is 2.33. The lowest BCUT2D eigenvalue weighted by atomic mass is 10.1. The van der Waals surface area contributed by atoms with E-state index in [0.717, 1.165) is 6.42 Å². The van der Waals surface area contributed by atoms with Crippen LogP contribution in [0, 0.1) is 5.82 Å². The third kappa shape index (κ3) is 3.46. The number of aromatic nitrogens is 1. The lowest BCUT2D eigenvalue weighted by molar-refractivity contribution is 0.0921. The molecule has 0 saturated carbocycles. The van der Waals surface area contributed by atoms with E-state index in [-0.39, 0.29) is 11.9 Å². The van der Waals surface area contributed by atoms with Crippen LogP contribution in [0.2, 0.25) is 0 Å². The van der Waals surface area contributed by atoms with Gasteiger partial charge in [-0.1, -0.05) is 20.8 Å². The number of morpholine rings is 1. The van der Waals surface area contributed by atoms with Gasteiger partial charge in [0.2, 0.25) is 0 Å². The first-order valence-corrected chi connectivity index (χ1v) is 7.34. The van der Waals surface area contributed by atoms with Gasteiger partial charge in [-0.3, -0.25) is 0 Å². The summed E-state index contributed by atoms with van der Waals surface area (Å²) in [5.41, 5.74) is 0.671. The van der Waals surface area contributed by atoms with Crippen LogP contribution < -0.4 is 10.2 Å². The molecule has 1 fully saturated rings. The highest BCUT2D eigenvalue weighted by Crippen LogP contribution is 2.24. The molecule has 0 aliphatic carbocycles. The van der Waals surface area contributed by atoms with Crippen LogP contribution in [-0.2, 0) is 11.3 Å². The second kappa shape index (κ2) is 6.99. The van der Waals surface area contributed by atoms with E-state index in [1.165, 1.54) is 0 Å². The van der Waals surface area contributed by atoms with Gasteiger partial charge in [-0.15, -0.1) is 0 Å². The normalized spacial score (nSPS) is 19.6. The molecule has 2 heterocycles. The summed E-state index contributed by atoms with van der Waals surface area (Å²) >= 11 is 0. The molecule has 2 rings (SSSR count). The first-order valence-electron chi connectivity index (χ1n) is 7.34. The highest BCUT2D eigenvalue weighted by molar-refractivity contribution is 5.44. The Bertz CT molecular complexity index is 439. The highest BCUT2D eigenvalue weighted by atomic mass is 19.1. The minimum absolute atomic E-state index is 0.207. The van der Waals surface area contributed by atoms with Crippen molar-refractivity contribution < 1.29 is 9.13 Å². The second-order valence-electron chi connectivity index (χ2n) is 5.47. The van der Waals surface area contributed by atoms with Crippen molar-refractivity contribution in [2.75, 3.05) is 24.7 Å². The lowest BCUT2D eigenvalue weighted by Gasteiger charge is -2.36. The quantitative estimate of drug-likeness (QED) is 0.899. The topological polar surface area (TPSA) is 37.4 Å². The van der Waals surface area contributed by atoms with Gasteiger partial charge in [0.1, 0.15) is 0 Å². The summed E-state index contributed by atoms with van der Waals surface area (Å²) in [5.74, 6) is 0.254. The Labute approximate surface area is 120 Å². The van der Waals surface area contributed by atoms with Crippen molar-refractivity contribution in [2.45, 2.75) is 45.8 Å². The molecule has 20 heavy (non-hydrogen) atoms. The smallest absolute Gasteiger partial charge is 0.170 e. The summed E-state index contributed by atoms with van der Waals surface area (Å²) < 4.78 is 20.1. The fourth-order valence-corrected chi connectivity index (χ4v) is 2.39. The van der Waals surface area contributed by atoms with Crippen molar-refractivity contribution in [3.63, 3.8) is 0 Å². The van der Waals surface area contributed by atoms with Crippen LogP contribution in [0.3, 0.4) is 0 Å². The van der Waals surface area contributed by atoms with Crippen molar-refractivity contribution in [1.29, 1.82) is 0 Å². The zero-order chi connectivity index (χ0) is 14.5. The number of halogens is 1. The van der Waals surface area contributed by atoms with Crippen LogP contribution in [0.1, 0.15) is 32.8 Å². The Morgan fingerprint density at radius 1 is 1.55 bits per heavy atom. The highest BCUT2D eigenvalue weighted by Gasteiger charge is 2.25. The zero-order valence-corrected chi connectivity index (χ0v) is 12.5. The molecule has 1 N–H and O–H groups in total. The van der Waals surface area contributed by atoms with Crippen LogP contribution in [-0.4, -0.2) is 36.8 Å². The minimum Gasteiger partial charge on any atom is -0.377 e. The average molecular weight is 281 g/mol. The molecule has 5 heteroatoms. The van der Waals surface area contributed by atoms with E-state index in [9.17, 15) is 4.39 Å². The Kier molecular flexibility index (Phi) is 5.31. The van der Waals surface area contributed by atoms with E-state index in [2.05, 4.69) is 31.1 Å². The van der Waals surface area contributed by atoms with Crippen molar-refractivity contribution in [1.82, 2.24) is 10.3 Å². The molecule has 1 aliphatic heterocycles. The number of pyridine rings is 1. The Morgan fingerprint density at radius 3 is 3.05 bits per heavy atom. The molecule has 1 aromatic heterocycles. The first kappa shape index (κ1) is 15.2. The number of hydrogen-bond donors (Lipinski definition) is 1. The van der Waals surface area contributed by atoms with Crippen LogP contribution in [0.5, 0.6) is 0 Å². The minimum atomic E-state index is -0.207. The van der Waals surface area contributed by atoms with E-state index in [4.69, 9.17) is 4.74 Å². The van der Waals surface area contributed by atoms with Gasteiger partial charge in [-0.25, -0.2) is 9.37 Å². The third-order valence-corrected chi connectivity index (χ3v) is 3.62. The molecule has 0 spiro atoms. The molecule has 0 aromatic carbocycles. The van der Waals surface area contributed by atoms with E-state index in [1.54, 1.807) is 12.3 Å². The number of ether oxygens (including phenoxy) is 1. The molecule has 1 atom stereocenters. The largest absolute Gasteiger partial charge is 0.377 e. The summed E-state index contributed by atoms with van der Waals surface area (Å²) in [6.07, 6.45) is 2.62. The van der Waals surface area contributed by atoms with Crippen LogP contribution in [0.25, 0.3) is 0 Å². The molecule has 1 saturated heterocycles. The molecular formula is C15H24FN3O. The van der Waals surface area contributed by atoms with Gasteiger partial charge in [0.15, 0.2) is 11.6 Å². The predicted molar refractivity (Wildman–Crippen MR) is 78.4 cm³/mol. The molecule has 0 amide bonds. The number of rotatable bonds is 5. The van der Waals surface area contributed by atoms with Crippen molar-refractivity contribution >= 4 is 5.82 Å².